The number of halogens is 4. The second-order valence-corrected chi connectivity index (χ2v) is 16.2. The Morgan fingerprint density at radius 2 is 0.983 bits per heavy atom. The molecule has 0 saturated heterocycles. The Balaban J connectivity index is 0.000000221. The number of rotatable bonds is 12. The zero-order chi connectivity index (χ0) is 42.0. The van der Waals surface area contributed by atoms with Gasteiger partial charge in [-0.3, -0.25) is 9.59 Å². The molecular weight excluding hydrogens is 837 g/mol. The monoisotopic (exact) mass is 868 g/mol. The molecule has 0 saturated carbocycles. The maximum Gasteiger partial charge on any atom is 0.241 e. The van der Waals surface area contributed by atoms with Crippen LogP contribution in [0.3, 0.4) is 0 Å². The van der Waals surface area contributed by atoms with Crippen molar-refractivity contribution in [2.75, 3.05) is 10.6 Å². The summed E-state index contributed by atoms with van der Waals surface area (Å²) in [5, 5.41) is 16.6. The van der Waals surface area contributed by atoms with Crippen molar-refractivity contribution < 1.29 is 44.7 Å². The first kappa shape index (κ1) is 43.2. The quantitative estimate of drug-likeness (QED) is 0.0944. The van der Waals surface area contributed by atoms with Crippen LogP contribution in [0.1, 0.15) is 11.1 Å². The van der Waals surface area contributed by atoms with E-state index >= 15 is 0 Å². The van der Waals surface area contributed by atoms with E-state index in [4.69, 9.17) is 43.0 Å². The zero-order valence-electron chi connectivity index (χ0n) is 29.9. The normalized spacial score (nSPS) is 11.1. The van der Waals surface area contributed by atoms with Gasteiger partial charge < -0.3 is 20.1 Å². The van der Waals surface area contributed by atoms with Crippen molar-refractivity contribution in [3.63, 3.8) is 0 Å². The molecule has 0 spiro atoms. The lowest BCUT2D eigenvalue weighted by Crippen LogP contribution is -2.17. The smallest absolute Gasteiger partial charge is 0.241 e. The van der Waals surface area contributed by atoms with Gasteiger partial charge in [0.2, 0.25) is 31.9 Å². The summed E-state index contributed by atoms with van der Waals surface area (Å²) in [6, 6.07) is 32.1. The van der Waals surface area contributed by atoms with Gasteiger partial charge in [0.05, 0.1) is 12.8 Å². The average molecular weight is 870 g/mol. The highest BCUT2D eigenvalue weighted by atomic mass is 35.5. The van der Waals surface area contributed by atoms with Gasteiger partial charge in [-0.15, -0.1) is 0 Å². The minimum Gasteiger partial charge on any atom is -0.456 e. The standard InChI is InChI=1S/2C20H16ClFN2O4S/c21-14-4-2-6-17(11-14)28-18-8-7-16(12-19(18)29(23,26)27)24-20(25)10-13-3-1-5-15(22)9-13;21-14-2-1-3-17(11-14)28-18-9-8-16(12-19(18)29(23,26)27)24-20(25)10-13-4-6-15(22)7-5-13/h2*1-9,11-12H,10H2,(H,24,25)(H2,23,26,27). The second-order valence-electron chi connectivity index (χ2n) is 12.2. The molecule has 6 aromatic carbocycles. The zero-order valence-corrected chi connectivity index (χ0v) is 33.0. The van der Waals surface area contributed by atoms with Crippen molar-refractivity contribution in [2.45, 2.75) is 22.6 Å². The molecule has 0 aliphatic rings. The first-order valence-electron chi connectivity index (χ1n) is 16.7. The van der Waals surface area contributed by atoms with Crippen LogP contribution in [-0.4, -0.2) is 28.6 Å². The number of carbonyl (C=O) groups is 2. The molecule has 0 radical (unpaired) electrons. The third-order valence-corrected chi connectivity index (χ3v) is 9.98. The Morgan fingerprint density at radius 3 is 1.41 bits per heavy atom. The SMILES string of the molecule is NS(=O)(=O)c1cc(NC(=O)Cc2ccc(F)cc2)ccc1Oc1cccc(Cl)c1.NS(=O)(=O)c1cc(NC(=O)Cc2cccc(F)c2)ccc1Oc1cccc(Cl)c1. The fourth-order valence-electron chi connectivity index (χ4n) is 5.13. The molecule has 0 heterocycles. The number of benzene rings is 6. The van der Waals surface area contributed by atoms with E-state index in [2.05, 4.69) is 10.6 Å². The van der Waals surface area contributed by atoms with Crippen molar-refractivity contribution in [3.05, 3.63) is 166 Å². The Hall–Kier alpha value is -5.88. The molecule has 6 aromatic rings. The van der Waals surface area contributed by atoms with E-state index in [1.54, 1.807) is 42.5 Å². The number of nitrogens with two attached hydrogens (primary N) is 2. The molecule has 0 aliphatic heterocycles. The van der Waals surface area contributed by atoms with Crippen molar-refractivity contribution in [3.8, 4) is 23.0 Å². The van der Waals surface area contributed by atoms with E-state index in [0.717, 1.165) is 0 Å². The number of hydrogen-bond acceptors (Lipinski definition) is 8. The molecule has 6 rings (SSSR count). The minimum absolute atomic E-state index is 0.00806. The summed E-state index contributed by atoms with van der Waals surface area (Å²) in [6.07, 6.45) is -0.0883. The molecule has 58 heavy (non-hydrogen) atoms. The number of primary sulfonamides is 2. The molecule has 18 heteroatoms. The lowest BCUT2D eigenvalue weighted by Gasteiger charge is -2.13. The van der Waals surface area contributed by atoms with Crippen LogP contribution in [0, 0.1) is 11.6 Å². The van der Waals surface area contributed by atoms with E-state index in [1.165, 1.54) is 91.0 Å². The molecule has 12 nitrogen and oxygen atoms in total. The van der Waals surface area contributed by atoms with Gasteiger partial charge in [-0.1, -0.05) is 59.6 Å². The molecular formula is C40H32Cl2F2N4O8S2. The number of ether oxygens (including phenoxy) is 2. The van der Waals surface area contributed by atoms with Crippen LogP contribution in [0.5, 0.6) is 23.0 Å². The predicted molar refractivity (Wildman–Crippen MR) is 216 cm³/mol. The van der Waals surface area contributed by atoms with Gasteiger partial charge in [-0.25, -0.2) is 35.9 Å². The van der Waals surface area contributed by atoms with Gasteiger partial charge in [0, 0.05) is 21.4 Å². The molecule has 300 valence electrons. The summed E-state index contributed by atoms with van der Waals surface area (Å²) in [4.78, 5) is 23.8. The summed E-state index contributed by atoms with van der Waals surface area (Å²) >= 11 is 11.8. The highest BCUT2D eigenvalue weighted by Crippen LogP contribution is 2.33. The average Bonchev–Trinajstić information content (AvgIpc) is 3.13. The fourth-order valence-corrected chi connectivity index (χ4v) is 6.85. The van der Waals surface area contributed by atoms with Gasteiger partial charge >= 0.3 is 0 Å². The molecule has 0 aromatic heterocycles. The fraction of sp³-hybridized carbons (Fsp3) is 0.0500. The Kier molecular flexibility index (Phi) is 14.2. The Bertz CT molecular complexity index is 2690. The summed E-state index contributed by atoms with van der Waals surface area (Å²) in [7, 11) is -8.28. The van der Waals surface area contributed by atoms with E-state index in [-0.39, 0.29) is 45.5 Å². The maximum atomic E-state index is 13.2. The number of sulfonamides is 2. The van der Waals surface area contributed by atoms with Crippen LogP contribution >= 0.6 is 23.2 Å². The van der Waals surface area contributed by atoms with Crippen molar-refractivity contribution >= 4 is 66.4 Å². The number of carbonyl (C=O) groups excluding carboxylic acids is 2. The van der Waals surface area contributed by atoms with Gasteiger partial charge in [0.1, 0.15) is 44.4 Å². The van der Waals surface area contributed by atoms with Crippen molar-refractivity contribution in [1.82, 2.24) is 0 Å². The van der Waals surface area contributed by atoms with Crippen LogP contribution in [0.15, 0.2) is 143 Å². The van der Waals surface area contributed by atoms with Crippen molar-refractivity contribution in [1.29, 1.82) is 0 Å². The summed E-state index contributed by atoms with van der Waals surface area (Å²) in [6.45, 7) is 0. The van der Waals surface area contributed by atoms with Crippen LogP contribution in [-0.2, 0) is 42.5 Å². The third-order valence-electron chi connectivity index (χ3n) is 7.65. The van der Waals surface area contributed by atoms with Gasteiger partial charge in [-0.05, 0) is 108 Å². The first-order valence-corrected chi connectivity index (χ1v) is 20.6. The van der Waals surface area contributed by atoms with E-state index in [0.29, 0.717) is 32.7 Å². The second kappa shape index (κ2) is 19.0. The summed E-state index contributed by atoms with van der Waals surface area (Å²) in [5.41, 5.74) is 1.51. The molecule has 0 unspecified atom stereocenters. The molecule has 0 atom stereocenters. The first-order chi connectivity index (χ1) is 27.4. The molecule has 0 aliphatic carbocycles. The highest BCUT2D eigenvalue weighted by Gasteiger charge is 2.20. The lowest BCUT2D eigenvalue weighted by molar-refractivity contribution is -0.116. The molecule has 0 fully saturated rings. The minimum atomic E-state index is -4.15. The largest absolute Gasteiger partial charge is 0.456 e. The lowest BCUT2D eigenvalue weighted by atomic mass is 10.1. The molecule has 6 N–H and O–H groups in total. The highest BCUT2D eigenvalue weighted by molar-refractivity contribution is 7.89. The maximum absolute atomic E-state index is 13.2. The summed E-state index contributed by atoms with van der Waals surface area (Å²) in [5.74, 6) is -1.07. The summed E-state index contributed by atoms with van der Waals surface area (Å²) < 4.78 is 85.4. The van der Waals surface area contributed by atoms with Crippen LogP contribution < -0.4 is 30.4 Å². The topological polar surface area (TPSA) is 197 Å². The van der Waals surface area contributed by atoms with Crippen LogP contribution in [0.25, 0.3) is 0 Å². The Labute approximate surface area is 342 Å². The number of nitrogens with one attached hydrogen (secondary N) is 2. The number of anilines is 2. The van der Waals surface area contributed by atoms with E-state index in [9.17, 15) is 35.2 Å². The Morgan fingerprint density at radius 1 is 0.534 bits per heavy atom. The number of hydrogen-bond donors (Lipinski definition) is 4. The van der Waals surface area contributed by atoms with Crippen LogP contribution in [0.4, 0.5) is 20.2 Å². The molecule has 2 amide bonds. The van der Waals surface area contributed by atoms with Gasteiger partial charge in [0.25, 0.3) is 0 Å². The van der Waals surface area contributed by atoms with Gasteiger partial charge in [0.15, 0.2) is 0 Å². The predicted octanol–water partition coefficient (Wildman–Crippen LogP) is 8.20. The van der Waals surface area contributed by atoms with E-state index < -0.39 is 43.5 Å². The molecule has 0 bridgehead atoms. The van der Waals surface area contributed by atoms with Gasteiger partial charge in [-0.2, -0.15) is 0 Å². The van der Waals surface area contributed by atoms with E-state index in [1.807, 2.05) is 0 Å². The van der Waals surface area contributed by atoms with Crippen LogP contribution in [0.2, 0.25) is 10.0 Å². The third kappa shape index (κ3) is 13.1. The number of amides is 2. The van der Waals surface area contributed by atoms with Crippen molar-refractivity contribution in [2.24, 2.45) is 10.3 Å².